The van der Waals surface area contributed by atoms with Crippen LogP contribution >= 0.6 is 15.9 Å². The zero-order chi connectivity index (χ0) is 14.8. The maximum atomic E-state index is 12.4. The van der Waals surface area contributed by atoms with Gasteiger partial charge in [0.2, 0.25) is 10.0 Å². The third-order valence-corrected chi connectivity index (χ3v) is 5.09. The number of halogens is 1. The molecule has 0 aliphatic rings. The standard InChI is InChI=1S/C11H13BrN4O3S/c1-16(6-11-13-7-14-15-11)20(17,18)8-3-4-10(19-2)9(12)5-8/h3-5,7H,6H2,1-2H3,(H,13,14,15). The van der Waals surface area contributed by atoms with Gasteiger partial charge in [0.05, 0.1) is 23.0 Å². The molecule has 1 aromatic carbocycles. The van der Waals surface area contributed by atoms with E-state index in [1.807, 2.05) is 0 Å². The smallest absolute Gasteiger partial charge is 0.243 e. The molecule has 1 aromatic heterocycles. The lowest BCUT2D eigenvalue weighted by atomic mass is 10.3. The third kappa shape index (κ3) is 3.00. The predicted octanol–water partition coefficient (Wildman–Crippen LogP) is 1.40. The molecule has 1 heterocycles. The monoisotopic (exact) mass is 360 g/mol. The molecular formula is C11H13BrN4O3S. The van der Waals surface area contributed by atoms with Gasteiger partial charge in [0.25, 0.3) is 0 Å². The lowest BCUT2D eigenvalue weighted by Crippen LogP contribution is -2.27. The largest absolute Gasteiger partial charge is 0.496 e. The van der Waals surface area contributed by atoms with E-state index in [1.54, 1.807) is 6.07 Å². The van der Waals surface area contributed by atoms with Gasteiger partial charge >= 0.3 is 0 Å². The lowest BCUT2D eigenvalue weighted by Gasteiger charge is -2.16. The van der Waals surface area contributed by atoms with Gasteiger partial charge in [-0.3, -0.25) is 5.10 Å². The Hall–Kier alpha value is -1.45. The summed E-state index contributed by atoms with van der Waals surface area (Å²) < 4.78 is 31.7. The van der Waals surface area contributed by atoms with Gasteiger partial charge in [0, 0.05) is 7.05 Å². The Morgan fingerprint density at radius 3 is 2.75 bits per heavy atom. The quantitative estimate of drug-likeness (QED) is 0.870. The first kappa shape index (κ1) is 14.9. The van der Waals surface area contributed by atoms with Gasteiger partial charge in [0.15, 0.2) is 0 Å². The Kier molecular flexibility index (Phi) is 4.41. The molecule has 0 bridgehead atoms. The summed E-state index contributed by atoms with van der Waals surface area (Å²) in [5.74, 6) is 1.05. The Labute approximate surface area is 125 Å². The van der Waals surface area contributed by atoms with E-state index in [0.717, 1.165) is 0 Å². The second kappa shape index (κ2) is 5.90. The van der Waals surface area contributed by atoms with Gasteiger partial charge in [0.1, 0.15) is 17.9 Å². The molecule has 0 aliphatic heterocycles. The number of methoxy groups -OCH3 is 1. The van der Waals surface area contributed by atoms with Crippen LogP contribution in [0.2, 0.25) is 0 Å². The molecule has 108 valence electrons. The lowest BCUT2D eigenvalue weighted by molar-refractivity contribution is 0.411. The van der Waals surface area contributed by atoms with Crippen molar-refractivity contribution in [2.45, 2.75) is 11.4 Å². The molecule has 0 atom stereocenters. The topological polar surface area (TPSA) is 88.2 Å². The first-order valence-corrected chi connectivity index (χ1v) is 7.82. The average Bonchev–Trinajstić information content (AvgIpc) is 2.91. The normalized spacial score (nSPS) is 11.8. The molecule has 9 heteroatoms. The zero-order valence-corrected chi connectivity index (χ0v) is 13.3. The van der Waals surface area contributed by atoms with Crippen LogP contribution in [0.3, 0.4) is 0 Å². The van der Waals surface area contributed by atoms with E-state index in [1.165, 1.54) is 36.9 Å². The van der Waals surface area contributed by atoms with Gasteiger partial charge in [-0.05, 0) is 34.1 Å². The summed E-state index contributed by atoms with van der Waals surface area (Å²) in [7, 11) is -0.602. The SMILES string of the molecule is COc1ccc(S(=O)(=O)N(C)Cc2ncn[nH]2)cc1Br. The Bertz CT molecular complexity index is 688. The van der Waals surface area contributed by atoms with Crippen molar-refractivity contribution in [2.75, 3.05) is 14.2 Å². The van der Waals surface area contributed by atoms with Crippen LogP contribution in [0.5, 0.6) is 5.75 Å². The summed E-state index contributed by atoms with van der Waals surface area (Å²) in [6, 6.07) is 4.60. The number of rotatable bonds is 5. The van der Waals surface area contributed by atoms with Crippen LogP contribution in [0.1, 0.15) is 5.82 Å². The second-order valence-corrected chi connectivity index (χ2v) is 6.89. The molecule has 0 radical (unpaired) electrons. The van der Waals surface area contributed by atoms with Crippen LogP contribution in [0.4, 0.5) is 0 Å². The number of ether oxygens (including phenoxy) is 1. The summed E-state index contributed by atoms with van der Waals surface area (Å²) >= 11 is 3.27. The number of hydrogen-bond donors (Lipinski definition) is 1. The molecule has 20 heavy (non-hydrogen) atoms. The number of H-pyrrole nitrogens is 1. The van der Waals surface area contributed by atoms with Crippen LogP contribution in [0.25, 0.3) is 0 Å². The maximum absolute atomic E-state index is 12.4. The highest BCUT2D eigenvalue weighted by molar-refractivity contribution is 9.10. The molecule has 0 fully saturated rings. The molecule has 0 saturated carbocycles. The Morgan fingerprint density at radius 2 is 2.20 bits per heavy atom. The van der Waals surface area contributed by atoms with Crippen molar-refractivity contribution in [1.29, 1.82) is 0 Å². The molecule has 1 N–H and O–H groups in total. The van der Waals surface area contributed by atoms with Crippen LogP contribution < -0.4 is 4.74 Å². The van der Waals surface area contributed by atoms with Crippen molar-refractivity contribution in [1.82, 2.24) is 19.5 Å². The summed E-state index contributed by atoms with van der Waals surface area (Å²) in [6.45, 7) is 0.117. The number of aromatic amines is 1. The van der Waals surface area contributed by atoms with Crippen LogP contribution in [0.15, 0.2) is 33.9 Å². The van der Waals surface area contributed by atoms with E-state index >= 15 is 0 Å². The van der Waals surface area contributed by atoms with Gasteiger partial charge in [-0.1, -0.05) is 0 Å². The van der Waals surface area contributed by atoms with Crippen LogP contribution in [-0.4, -0.2) is 42.1 Å². The fourth-order valence-electron chi connectivity index (χ4n) is 1.59. The molecule has 0 amide bonds. The fraction of sp³-hybridized carbons (Fsp3) is 0.273. The summed E-state index contributed by atoms with van der Waals surface area (Å²) in [5, 5.41) is 6.31. The number of sulfonamides is 1. The molecule has 2 aromatic rings. The minimum absolute atomic E-state index is 0.117. The third-order valence-electron chi connectivity index (χ3n) is 2.67. The fourth-order valence-corrected chi connectivity index (χ4v) is 3.44. The summed E-state index contributed by atoms with van der Waals surface area (Å²) in [5.41, 5.74) is 0. The van der Waals surface area contributed by atoms with E-state index in [4.69, 9.17) is 4.74 Å². The average molecular weight is 361 g/mol. The molecule has 2 rings (SSSR count). The summed E-state index contributed by atoms with van der Waals surface area (Å²) in [4.78, 5) is 4.08. The highest BCUT2D eigenvalue weighted by Gasteiger charge is 2.22. The van der Waals surface area contributed by atoms with Crippen molar-refractivity contribution < 1.29 is 13.2 Å². The maximum Gasteiger partial charge on any atom is 0.243 e. The first-order chi connectivity index (χ1) is 9.45. The first-order valence-electron chi connectivity index (χ1n) is 5.59. The van der Waals surface area contributed by atoms with Gasteiger partial charge in [-0.2, -0.15) is 9.40 Å². The molecule has 0 unspecified atom stereocenters. The number of aromatic nitrogens is 3. The van der Waals surface area contributed by atoms with E-state index in [0.29, 0.717) is 16.0 Å². The highest BCUT2D eigenvalue weighted by atomic mass is 79.9. The van der Waals surface area contributed by atoms with Gasteiger partial charge in [-0.25, -0.2) is 13.4 Å². The molecule has 7 nitrogen and oxygen atoms in total. The van der Waals surface area contributed by atoms with E-state index in [9.17, 15) is 8.42 Å². The Balaban J connectivity index is 2.27. The van der Waals surface area contributed by atoms with Gasteiger partial charge < -0.3 is 4.74 Å². The number of nitrogens with one attached hydrogen (secondary N) is 1. The molecule has 0 spiro atoms. The minimum Gasteiger partial charge on any atom is -0.496 e. The Morgan fingerprint density at radius 1 is 1.45 bits per heavy atom. The van der Waals surface area contributed by atoms with E-state index in [-0.39, 0.29) is 11.4 Å². The van der Waals surface area contributed by atoms with E-state index < -0.39 is 10.0 Å². The van der Waals surface area contributed by atoms with E-state index in [2.05, 4.69) is 31.1 Å². The number of nitrogens with zero attached hydrogens (tertiary/aromatic N) is 3. The van der Waals surface area contributed by atoms with Crippen molar-refractivity contribution in [3.05, 3.63) is 34.8 Å². The zero-order valence-electron chi connectivity index (χ0n) is 10.9. The van der Waals surface area contributed by atoms with Crippen LogP contribution in [-0.2, 0) is 16.6 Å². The summed E-state index contributed by atoms with van der Waals surface area (Å²) in [6.07, 6.45) is 1.33. The molecule has 0 aliphatic carbocycles. The molecule has 0 saturated heterocycles. The number of hydrogen-bond acceptors (Lipinski definition) is 5. The van der Waals surface area contributed by atoms with Crippen LogP contribution in [0, 0.1) is 0 Å². The molecular weight excluding hydrogens is 348 g/mol. The number of benzene rings is 1. The van der Waals surface area contributed by atoms with Gasteiger partial charge in [-0.15, -0.1) is 0 Å². The van der Waals surface area contributed by atoms with Crippen molar-refractivity contribution in [2.24, 2.45) is 0 Å². The predicted molar refractivity (Wildman–Crippen MR) is 75.7 cm³/mol. The highest BCUT2D eigenvalue weighted by Crippen LogP contribution is 2.28. The van der Waals surface area contributed by atoms with Crippen molar-refractivity contribution in [3.63, 3.8) is 0 Å². The minimum atomic E-state index is -3.60. The second-order valence-electron chi connectivity index (χ2n) is 3.99. The van der Waals surface area contributed by atoms with Crippen molar-refractivity contribution in [3.8, 4) is 5.75 Å². The van der Waals surface area contributed by atoms with Crippen molar-refractivity contribution >= 4 is 26.0 Å².